The fourth-order valence-electron chi connectivity index (χ4n) is 4.48. The Bertz CT molecular complexity index is 968. The van der Waals surface area contributed by atoms with Crippen molar-refractivity contribution in [2.45, 2.75) is 39.0 Å². The maximum absolute atomic E-state index is 12.4. The number of carbonyl (C=O) groups excluding carboxylic acids is 2. The van der Waals surface area contributed by atoms with E-state index in [1.807, 2.05) is 18.2 Å². The Morgan fingerprint density at radius 3 is 2.58 bits per heavy atom. The van der Waals surface area contributed by atoms with Crippen molar-refractivity contribution >= 4 is 34.2 Å². The highest BCUT2D eigenvalue weighted by Crippen LogP contribution is 2.26. The second kappa shape index (κ2) is 11.4. The summed E-state index contributed by atoms with van der Waals surface area (Å²) in [5.41, 5.74) is 2.75. The molecule has 4 rings (SSSR count). The number of fused-ring (bicyclic) bond motifs is 1. The average molecular weight is 454 g/mol. The van der Waals surface area contributed by atoms with E-state index in [1.165, 1.54) is 25.9 Å². The zero-order valence-corrected chi connectivity index (χ0v) is 19.6. The summed E-state index contributed by atoms with van der Waals surface area (Å²) < 4.78 is 5.43. The van der Waals surface area contributed by atoms with Crippen LogP contribution in [0, 0.1) is 6.92 Å². The zero-order valence-electron chi connectivity index (χ0n) is 19.6. The van der Waals surface area contributed by atoms with Crippen LogP contribution < -0.4 is 15.5 Å². The molecule has 8 nitrogen and oxygen atoms in total. The van der Waals surface area contributed by atoms with Gasteiger partial charge in [-0.2, -0.15) is 0 Å². The molecule has 178 valence electrons. The van der Waals surface area contributed by atoms with Crippen molar-refractivity contribution in [1.29, 1.82) is 0 Å². The summed E-state index contributed by atoms with van der Waals surface area (Å²) in [5, 5.41) is 6.86. The highest BCUT2D eigenvalue weighted by atomic mass is 16.5. The first-order valence-electron chi connectivity index (χ1n) is 12.1. The molecule has 2 N–H and O–H groups in total. The Morgan fingerprint density at radius 1 is 1.03 bits per heavy atom. The Hall–Kier alpha value is -2.71. The molecule has 2 aliphatic rings. The molecule has 0 atom stereocenters. The lowest BCUT2D eigenvalue weighted by atomic mass is 10.1. The van der Waals surface area contributed by atoms with Crippen LogP contribution in [0.15, 0.2) is 24.3 Å². The number of carbonyl (C=O) groups is 2. The normalized spacial score (nSPS) is 16.8. The van der Waals surface area contributed by atoms with Crippen LogP contribution in [0.25, 0.3) is 10.9 Å². The highest BCUT2D eigenvalue weighted by molar-refractivity contribution is 5.96. The number of hydrogen-bond donors (Lipinski definition) is 2. The highest BCUT2D eigenvalue weighted by Gasteiger charge is 2.15. The number of morpholine rings is 1. The smallest absolute Gasteiger partial charge is 0.224 e. The third-order valence-corrected chi connectivity index (χ3v) is 6.37. The van der Waals surface area contributed by atoms with Crippen LogP contribution in [0.2, 0.25) is 0 Å². The number of aryl methyl sites for hydroxylation is 1. The van der Waals surface area contributed by atoms with Crippen LogP contribution >= 0.6 is 0 Å². The summed E-state index contributed by atoms with van der Waals surface area (Å²) >= 11 is 0. The summed E-state index contributed by atoms with van der Waals surface area (Å²) in [6.07, 6.45) is 3.89. The fraction of sp³-hybridized carbons (Fsp3) is 0.560. The molecule has 1 aromatic carbocycles. The van der Waals surface area contributed by atoms with E-state index >= 15 is 0 Å². The van der Waals surface area contributed by atoms with Crippen LogP contribution in [0.4, 0.5) is 11.5 Å². The average Bonchev–Trinajstić information content (AvgIpc) is 3.35. The predicted molar refractivity (Wildman–Crippen MR) is 131 cm³/mol. The van der Waals surface area contributed by atoms with Crippen LogP contribution in [-0.4, -0.2) is 74.2 Å². The van der Waals surface area contributed by atoms with Gasteiger partial charge in [-0.3, -0.25) is 9.59 Å². The van der Waals surface area contributed by atoms with Crippen molar-refractivity contribution in [3.05, 3.63) is 29.8 Å². The SMILES string of the molecule is Cc1cc(N2CCOCC2)nc2ccc(NC(=O)CCC(=O)NCCCN3CCCC3)cc12. The van der Waals surface area contributed by atoms with Gasteiger partial charge >= 0.3 is 0 Å². The van der Waals surface area contributed by atoms with Crippen molar-refractivity contribution in [3.63, 3.8) is 0 Å². The van der Waals surface area contributed by atoms with E-state index in [9.17, 15) is 9.59 Å². The monoisotopic (exact) mass is 453 g/mol. The standard InChI is InChI=1S/C25H35N5O3/c1-19-17-23(30-13-15-33-16-14-30)28-22-6-5-20(18-21(19)22)27-25(32)8-7-24(31)26-9-4-12-29-10-2-3-11-29/h5-6,17-18H,2-4,7-16H2,1H3,(H,26,31)(H,27,32). The molecule has 0 radical (unpaired) electrons. The summed E-state index contributed by atoms with van der Waals surface area (Å²) in [6.45, 7) is 9.25. The molecular weight excluding hydrogens is 418 g/mol. The summed E-state index contributed by atoms with van der Waals surface area (Å²) in [6, 6.07) is 7.85. The van der Waals surface area contributed by atoms with Crippen molar-refractivity contribution in [2.24, 2.45) is 0 Å². The largest absolute Gasteiger partial charge is 0.378 e. The van der Waals surface area contributed by atoms with Gasteiger partial charge in [0.1, 0.15) is 5.82 Å². The topological polar surface area (TPSA) is 86.8 Å². The number of pyridine rings is 1. The number of rotatable bonds is 9. The summed E-state index contributed by atoms with van der Waals surface area (Å²) in [5.74, 6) is 0.740. The van der Waals surface area contributed by atoms with Gasteiger partial charge in [0.05, 0.1) is 18.7 Å². The number of hydrogen-bond acceptors (Lipinski definition) is 6. The maximum Gasteiger partial charge on any atom is 0.224 e. The van der Waals surface area contributed by atoms with E-state index in [-0.39, 0.29) is 24.7 Å². The molecule has 2 aromatic rings. The number of ether oxygens (including phenoxy) is 1. The summed E-state index contributed by atoms with van der Waals surface area (Å²) in [7, 11) is 0. The second-order valence-electron chi connectivity index (χ2n) is 8.93. The first kappa shape index (κ1) is 23.4. The Morgan fingerprint density at radius 2 is 1.79 bits per heavy atom. The van der Waals surface area contributed by atoms with Crippen LogP contribution in [-0.2, 0) is 14.3 Å². The molecular formula is C25H35N5O3. The molecule has 0 spiro atoms. The minimum atomic E-state index is -0.155. The van der Waals surface area contributed by atoms with Crippen molar-refractivity contribution < 1.29 is 14.3 Å². The van der Waals surface area contributed by atoms with Gasteiger partial charge in [-0.15, -0.1) is 0 Å². The Balaban J connectivity index is 1.24. The van der Waals surface area contributed by atoms with E-state index in [0.29, 0.717) is 6.54 Å². The number of nitrogens with one attached hydrogen (secondary N) is 2. The lowest BCUT2D eigenvalue weighted by molar-refractivity contribution is -0.124. The summed E-state index contributed by atoms with van der Waals surface area (Å²) in [4.78, 5) is 33.9. The van der Waals surface area contributed by atoms with Crippen molar-refractivity contribution in [3.8, 4) is 0 Å². The maximum atomic E-state index is 12.4. The molecule has 1 aromatic heterocycles. The molecule has 2 fully saturated rings. The Kier molecular flexibility index (Phi) is 8.12. The zero-order chi connectivity index (χ0) is 23.0. The van der Waals surface area contributed by atoms with Gasteiger partial charge in [-0.1, -0.05) is 0 Å². The van der Waals surface area contributed by atoms with Crippen LogP contribution in [0.1, 0.15) is 37.7 Å². The molecule has 0 bridgehead atoms. The van der Waals surface area contributed by atoms with Crippen LogP contribution in [0.5, 0.6) is 0 Å². The number of amides is 2. The lowest BCUT2D eigenvalue weighted by Crippen LogP contribution is -2.36. The second-order valence-corrected chi connectivity index (χ2v) is 8.93. The number of nitrogens with zero attached hydrogens (tertiary/aromatic N) is 3. The minimum absolute atomic E-state index is 0.0687. The fourth-order valence-corrected chi connectivity index (χ4v) is 4.48. The first-order chi connectivity index (χ1) is 16.1. The van der Waals surface area contributed by atoms with E-state index < -0.39 is 0 Å². The van der Waals surface area contributed by atoms with Crippen molar-refractivity contribution in [2.75, 3.05) is 62.7 Å². The van der Waals surface area contributed by atoms with Gasteiger partial charge in [-0.25, -0.2) is 4.98 Å². The molecule has 33 heavy (non-hydrogen) atoms. The van der Waals surface area contributed by atoms with E-state index in [2.05, 4.69) is 33.4 Å². The number of aromatic nitrogens is 1. The van der Waals surface area contributed by atoms with Crippen LogP contribution in [0.3, 0.4) is 0 Å². The number of likely N-dealkylation sites (tertiary alicyclic amines) is 1. The third kappa shape index (κ3) is 6.65. The number of benzene rings is 1. The minimum Gasteiger partial charge on any atom is -0.378 e. The molecule has 2 aliphatic heterocycles. The van der Waals surface area contributed by atoms with Gasteiger partial charge in [-0.05, 0) is 75.6 Å². The van der Waals surface area contributed by atoms with E-state index in [1.54, 1.807) is 0 Å². The quantitative estimate of drug-likeness (QED) is 0.568. The molecule has 0 unspecified atom stereocenters. The Labute approximate surface area is 195 Å². The van der Waals surface area contributed by atoms with Gasteiger partial charge in [0, 0.05) is 43.5 Å². The molecule has 2 amide bonds. The van der Waals surface area contributed by atoms with E-state index in [4.69, 9.17) is 9.72 Å². The molecule has 0 saturated carbocycles. The van der Waals surface area contributed by atoms with Gasteiger partial charge in [0.2, 0.25) is 11.8 Å². The lowest BCUT2D eigenvalue weighted by Gasteiger charge is -2.28. The van der Waals surface area contributed by atoms with E-state index in [0.717, 1.165) is 67.2 Å². The first-order valence-corrected chi connectivity index (χ1v) is 12.1. The third-order valence-electron chi connectivity index (χ3n) is 6.37. The molecule has 2 saturated heterocycles. The van der Waals surface area contributed by atoms with Crippen molar-refractivity contribution in [1.82, 2.24) is 15.2 Å². The predicted octanol–water partition coefficient (Wildman–Crippen LogP) is 2.70. The molecule has 0 aliphatic carbocycles. The molecule has 3 heterocycles. The number of anilines is 2. The van der Waals surface area contributed by atoms with Gasteiger partial charge in [0.25, 0.3) is 0 Å². The van der Waals surface area contributed by atoms with Gasteiger partial charge < -0.3 is 25.2 Å². The van der Waals surface area contributed by atoms with Gasteiger partial charge in [0.15, 0.2) is 0 Å². The molecule has 8 heteroatoms.